The summed E-state index contributed by atoms with van der Waals surface area (Å²) in [7, 11) is 0. The van der Waals surface area contributed by atoms with Gasteiger partial charge in [-0.15, -0.1) is 0 Å². The SMILES string of the molecule is CC(C)c1ccc(N2C[C@H](O)[C@H]2C)c2cnc(Nc3ccnc(N4CC[C@@H](O)[C@@H](O)C4)n3)cc12. The van der Waals surface area contributed by atoms with Crippen LogP contribution in [0.1, 0.15) is 38.7 Å². The maximum Gasteiger partial charge on any atom is 0.227 e. The van der Waals surface area contributed by atoms with Gasteiger partial charge in [0.05, 0.1) is 24.4 Å². The normalized spacial score (nSPS) is 25.0. The summed E-state index contributed by atoms with van der Waals surface area (Å²) in [6.07, 6.45) is 2.22. The largest absolute Gasteiger partial charge is 0.390 e. The predicted molar refractivity (Wildman–Crippen MR) is 133 cm³/mol. The molecule has 5 rings (SSSR count). The van der Waals surface area contributed by atoms with E-state index in [0.29, 0.717) is 49.6 Å². The first-order chi connectivity index (χ1) is 16.3. The summed E-state index contributed by atoms with van der Waals surface area (Å²) in [5.41, 5.74) is 2.33. The molecular weight excluding hydrogens is 432 g/mol. The first kappa shape index (κ1) is 22.8. The van der Waals surface area contributed by atoms with Crippen molar-refractivity contribution < 1.29 is 15.3 Å². The lowest BCUT2D eigenvalue weighted by atomic mass is 9.93. The number of fused-ring (bicyclic) bond motifs is 1. The molecule has 0 unspecified atom stereocenters. The lowest BCUT2D eigenvalue weighted by Gasteiger charge is -2.45. The van der Waals surface area contributed by atoms with Crippen molar-refractivity contribution in [3.8, 4) is 0 Å². The van der Waals surface area contributed by atoms with Crippen LogP contribution in [0.3, 0.4) is 0 Å². The summed E-state index contributed by atoms with van der Waals surface area (Å²) >= 11 is 0. The number of benzene rings is 1. The summed E-state index contributed by atoms with van der Waals surface area (Å²) in [5, 5.41) is 35.3. The Hall–Kier alpha value is -3.01. The third kappa shape index (κ3) is 4.15. The van der Waals surface area contributed by atoms with Gasteiger partial charge in [0.25, 0.3) is 0 Å². The van der Waals surface area contributed by atoms with Crippen LogP contribution in [0.5, 0.6) is 0 Å². The quantitative estimate of drug-likeness (QED) is 0.451. The van der Waals surface area contributed by atoms with Crippen molar-refractivity contribution in [3.63, 3.8) is 0 Å². The van der Waals surface area contributed by atoms with Crippen LogP contribution >= 0.6 is 0 Å². The zero-order valence-corrected chi connectivity index (χ0v) is 19.8. The van der Waals surface area contributed by atoms with Crippen LogP contribution in [-0.2, 0) is 0 Å². The van der Waals surface area contributed by atoms with Gasteiger partial charge in [-0.05, 0) is 48.4 Å². The van der Waals surface area contributed by atoms with Gasteiger partial charge >= 0.3 is 0 Å². The second-order valence-corrected chi connectivity index (χ2v) is 9.64. The topological polar surface area (TPSA) is 118 Å². The molecule has 180 valence electrons. The number of nitrogens with one attached hydrogen (secondary N) is 1. The number of β-amino-alcohol motifs (C(OH)–C–C–N with tert-alkyl or cyclic N) is 2. The highest BCUT2D eigenvalue weighted by atomic mass is 16.3. The van der Waals surface area contributed by atoms with E-state index in [4.69, 9.17) is 0 Å². The highest BCUT2D eigenvalue weighted by molar-refractivity contribution is 5.98. The third-order valence-electron chi connectivity index (χ3n) is 7.00. The molecule has 2 aromatic heterocycles. The fourth-order valence-corrected chi connectivity index (χ4v) is 4.78. The Kier molecular flexibility index (Phi) is 6.01. The fraction of sp³-hybridized carbons (Fsp3) is 0.480. The van der Waals surface area contributed by atoms with Crippen molar-refractivity contribution in [1.82, 2.24) is 15.0 Å². The Morgan fingerprint density at radius 3 is 2.50 bits per heavy atom. The van der Waals surface area contributed by atoms with Crippen LogP contribution in [0, 0.1) is 0 Å². The minimum Gasteiger partial charge on any atom is -0.390 e. The van der Waals surface area contributed by atoms with E-state index >= 15 is 0 Å². The molecular formula is C25H32N6O3. The van der Waals surface area contributed by atoms with E-state index in [2.05, 4.69) is 57.2 Å². The summed E-state index contributed by atoms with van der Waals surface area (Å²) < 4.78 is 0. The first-order valence-electron chi connectivity index (χ1n) is 11.9. The van der Waals surface area contributed by atoms with Crippen molar-refractivity contribution in [3.05, 3.63) is 42.2 Å². The van der Waals surface area contributed by atoms with Gasteiger partial charge in [0.1, 0.15) is 11.6 Å². The molecule has 9 nitrogen and oxygen atoms in total. The molecule has 4 atom stereocenters. The second kappa shape index (κ2) is 8.98. The molecule has 2 fully saturated rings. The average molecular weight is 465 g/mol. The molecule has 3 aromatic rings. The number of aliphatic hydroxyl groups excluding tert-OH is 3. The molecule has 0 amide bonds. The minimum absolute atomic E-state index is 0.0831. The average Bonchev–Trinajstić information content (AvgIpc) is 2.83. The van der Waals surface area contributed by atoms with E-state index in [1.165, 1.54) is 5.56 Å². The van der Waals surface area contributed by atoms with Gasteiger partial charge < -0.3 is 30.4 Å². The minimum atomic E-state index is -0.810. The van der Waals surface area contributed by atoms with Crippen LogP contribution < -0.4 is 15.1 Å². The number of anilines is 4. The molecule has 0 spiro atoms. The van der Waals surface area contributed by atoms with Gasteiger partial charge in [-0.3, -0.25) is 0 Å². The number of hydrogen-bond donors (Lipinski definition) is 4. The first-order valence-corrected chi connectivity index (χ1v) is 11.9. The number of aromatic nitrogens is 3. The molecule has 2 aliphatic rings. The predicted octanol–water partition coefficient (Wildman–Crippen LogP) is 2.39. The number of pyridine rings is 1. The van der Waals surface area contributed by atoms with Crippen molar-refractivity contribution in [2.45, 2.75) is 57.5 Å². The number of nitrogens with zero attached hydrogens (tertiary/aromatic N) is 5. The Labute approximate surface area is 199 Å². The number of rotatable bonds is 5. The third-order valence-corrected chi connectivity index (χ3v) is 7.00. The van der Waals surface area contributed by atoms with E-state index in [-0.39, 0.29) is 12.1 Å². The van der Waals surface area contributed by atoms with Gasteiger partial charge in [-0.1, -0.05) is 19.9 Å². The van der Waals surface area contributed by atoms with E-state index in [0.717, 1.165) is 16.5 Å². The number of aliphatic hydroxyl groups is 3. The summed E-state index contributed by atoms with van der Waals surface area (Å²) in [6, 6.07) is 8.23. The number of hydrogen-bond acceptors (Lipinski definition) is 9. The molecule has 2 saturated heterocycles. The molecule has 4 heterocycles. The Morgan fingerprint density at radius 2 is 1.79 bits per heavy atom. The lowest BCUT2D eigenvalue weighted by molar-refractivity contribution is 0.00769. The highest BCUT2D eigenvalue weighted by Gasteiger charge is 2.35. The van der Waals surface area contributed by atoms with Crippen LogP contribution in [-0.4, -0.2) is 74.3 Å². The van der Waals surface area contributed by atoms with Crippen molar-refractivity contribution >= 4 is 34.0 Å². The molecule has 34 heavy (non-hydrogen) atoms. The number of piperidine rings is 1. The summed E-state index contributed by atoms with van der Waals surface area (Å²) in [5.74, 6) is 2.14. The molecule has 0 radical (unpaired) electrons. The summed E-state index contributed by atoms with van der Waals surface area (Å²) in [4.78, 5) is 17.7. The van der Waals surface area contributed by atoms with E-state index in [1.807, 2.05) is 18.0 Å². The van der Waals surface area contributed by atoms with Crippen molar-refractivity contribution in [1.29, 1.82) is 0 Å². The maximum absolute atomic E-state index is 10.0. The van der Waals surface area contributed by atoms with E-state index < -0.39 is 12.2 Å². The smallest absolute Gasteiger partial charge is 0.227 e. The zero-order chi connectivity index (χ0) is 24.0. The molecule has 0 saturated carbocycles. The molecule has 1 aromatic carbocycles. The zero-order valence-electron chi connectivity index (χ0n) is 19.8. The van der Waals surface area contributed by atoms with Gasteiger partial charge in [0.15, 0.2) is 0 Å². The van der Waals surface area contributed by atoms with Crippen LogP contribution in [0.15, 0.2) is 36.7 Å². The van der Waals surface area contributed by atoms with Crippen LogP contribution in [0.25, 0.3) is 10.8 Å². The van der Waals surface area contributed by atoms with Crippen LogP contribution in [0.2, 0.25) is 0 Å². The highest BCUT2D eigenvalue weighted by Crippen LogP contribution is 2.37. The fourth-order valence-electron chi connectivity index (χ4n) is 4.78. The van der Waals surface area contributed by atoms with Crippen LogP contribution in [0.4, 0.5) is 23.3 Å². The maximum atomic E-state index is 10.0. The molecule has 2 aliphatic heterocycles. The van der Waals surface area contributed by atoms with Crippen molar-refractivity contribution in [2.75, 3.05) is 34.8 Å². The van der Waals surface area contributed by atoms with Gasteiger partial charge in [0, 0.05) is 43.1 Å². The molecule has 0 bridgehead atoms. The lowest BCUT2D eigenvalue weighted by Crippen LogP contribution is -2.58. The molecule has 0 aliphatic carbocycles. The second-order valence-electron chi connectivity index (χ2n) is 9.64. The monoisotopic (exact) mass is 464 g/mol. The Bertz CT molecular complexity index is 1190. The van der Waals surface area contributed by atoms with E-state index in [9.17, 15) is 15.3 Å². The van der Waals surface area contributed by atoms with E-state index in [1.54, 1.807) is 12.3 Å². The Morgan fingerprint density at radius 1 is 0.971 bits per heavy atom. The van der Waals surface area contributed by atoms with Gasteiger partial charge in [-0.2, -0.15) is 4.98 Å². The molecule has 4 N–H and O–H groups in total. The standard InChI is InChI=1S/C25H32N6O3/c1-14(2)16-4-5-19(31-13-21(33)15(31)3)18-11-27-24(10-17(16)18)28-23-6-8-26-25(29-23)30-9-7-20(32)22(34)12-30/h4-6,8,10-11,14-15,20-22,32-34H,7,9,12-13H2,1-3H3,(H,26,27,28,29)/t15-,20-,21+,22+/m1/s1. The Balaban J connectivity index is 1.44. The molecule has 9 heteroatoms. The van der Waals surface area contributed by atoms with Gasteiger partial charge in [0.2, 0.25) is 5.95 Å². The summed E-state index contributed by atoms with van der Waals surface area (Å²) in [6.45, 7) is 7.90. The van der Waals surface area contributed by atoms with Gasteiger partial charge in [-0.25, -0.2) is 9.97 Å². The van der Waals surface area contributed by atoms with Crippen molar-refractivity contribution in [2.24, 2.45) is 0 Å².